The third-order valence-corrected chi connectivity index (χ3v) is 5.20. The monoisotopic (exact) mass is 292 g/mol. The molecule has 0 aliphatic rings. The Hall–Kier alpha value is -0.730. The molecule has 1 aromatic rings. The Morgan fingerprint density at radius 1 is 1.33 bits per heavy atom. The molecule has 104 valence electrons. The molecule has 8 heteroatoms. The summed E-state index contributed by atoms with van der Waals surface area (Å²) >= 11 is 1.27. The van der Waals surface area contributed by atoms with Crippen LogP contribution in [0.3, 0.4) is 0 Å². The van der Waals surface area contributed by atoms with Crippen molar-refractivity contribution in [2.24, 2.45) is 0 Å². The number of rotatable bonds is 8. The van der Waals surface area contributed by atoms with Gasteiger partial charge in [-0.05, 0) is 26.3 Å². The lowest BCUT2D eigenvalue weighted by Gasteiger charge is -2.13. The second-order valence-electron chi connectivity index (χ2n) is 4.02. The lowest BCUT2D eigenvalue weighted by atomic mass is 10.4. The molecular weight excluding hydrogens is 272 g/mol. The van der Waals surface area contributed by atoms with Crippen molar-refractivity contribution in [1.29, 1.82) is 0 Å². The van der Waals surface area contributed by atoms with Crippen molar-refractivity contribution in [3.05, 3.63) is 5.01 Å². The van der Waals surface area contributed by atoms with E-state index in [0.29, 0.717) is 11.7 Å². The van der Waals surface area contributed by atoms with Crippen molar-refractivity contribution in [1.82, 2.24) is 15.5 Å². The molecule has 0 fully saturated rings. The molecule has 6 nitrogen and oxygen atoms in total. The van der Waals surface area contributed by atoms with Crippen LogP contribution >= 0.6 is 11.3 Å². The predicted molar refractivity (Wildman–Crippen MR) is 74.5 cm³/mol. The molecule has 0 radical (unpaired) electrons. The number of sulfonamides is 1. The van der Waals surface area contributed by atoms with E-state index >= 15 is 0 Å². The predicted octanol–water partition coefficient (Wildman–Crippen LogP) is 1.23. The first-order chi connectivity index (χ1) is 8.49. The number of hydrogen-bond acceptors (Lipinski definition) is 6. The number of nitrogens with one attached hydrogen (secondary N) is 2. The molecule has 0 saturated heterocycles. The Morgan fingerprint density at radius 3 is 2.61 bits per heavy atom. The molecule has 18 heavy (non-hydrogen) atoms. The Bertz CT molecular complexity index is 458. The van der Waals surface area contributed by atoms with Gasteiger partial charge in [0.25, 0.3) is 0 Å². The third kappa shape index (κ3) is 4.51. The number of nitrogens with zero attached hydrogens (tertiary/aromatic N) is 2. The summed E-state index contributed by atoms with van der Waals surface area (Å²) < 4.78 is 26.4. The number of aryl methyl sites for hydroxylation is 1. The van der Waals surface area contributed by atoms with E-state index in [4.69, 9.17) is 0 Å². The highest BCUT2D eigenvalue weighted by molar-refractivity contribution is 7.93. The van der Waals surface area contributed by atoms with E-state index in [-0.39, 0.29) is 0 Å². The van der Waals surface area contributed by atoms with Crippen LogP contribution in [0.15, 0.2) is 0 Å². The molecule has 0 bridgehead atoms. The zero-order valence-corrected chi connectivity index (χ0v) is 12.6. The first kappa shape index (κ1) is 15.3. The Balaban J connectivity index is 2.57. The number of anilines is 1. The SMILES string of the molecule is CCCNCC(C)S(=O)(=O)Nc1nnc(CC)s1. The number of hydrogen-bond donors (Lipinski definition) is 2. The van der Waals surface area contributed by atoms with Gasteiger partial charge in [-0.2, -0.15) is 0 Å². The van der Waals surface area contributed by atoms with Crippen molar-refractivity contribution in [3.63, 3.8) is 0 Å². The fourth-order valence-corrected chi connectivity index (χ4v) is 3.12. The summed E-state index contributed by atoms with van der Waals surface area (Å²) in [6.07, 6.45) is 1.74. The van der Waals surface area contributed by atoms with E-state index in [1.165, 1.54) is 11.3 Å². The quantitative estimate of drug-likeness (QED) is 0.704. The Labute approximate surface area is 112 Å². The van der Waals surface area contributed by atoms with Crippen molar-refractivity contribution in [2.45, 2.75) is 38.9 Å². The lowest BCUT2D eigenvalue weighted by Crippen LogP contribution is -2.35. The van der Waals surface area contributed by atoms with Gasteiger partial charge in [-0.1, -0.05) is 25.2 Å². The minimum Gasteiger partial charge on any atom is -0.315 e. The summed E-state index contributed by atoms with van der Waals surface area (Å²) in [6, 6.07) is 0. The lowest BCUT2D eigenvalue weighted by molar-refractivity contribution is 0.575. The minimum absolute atomic E-state index is 0.342. The van der Waals surface area contributed by atoms with Gasteiger partial charge in [0.05, 0.1) is 5.25 Å². The van der Waals surface area contributed by atoms with Crippen LogP contribution in [0.1, 0.15) is 32.2 Å². The summed E-state index contributed by atoms with van der Waals surface area (Å²) in [5.74, 6) is 0. The average Bonchev–Trinajstić information content (AvgIpc) is 2.76. The highest BCUT2D eigenvalue weighted by Crippen LogP contribution is 2.17. The second-order valence-corrected chi connectivity index (χ2v) is 7.18. The summed E-state index contributed by atoms with van der Waals surface area (Å²) in [4.78, 5) is 0. The summed E-state index contributed by atoms with van der Waals surface area (Å²) in [5.41, 5.74) is 0. The van der Waals surface area contributed by atoms with Gasteiger partial charge in [-0.3, -0.25) is 4.72 Å². The van der Waals surface area contributed by atoms with Crippen LogP contribution in [0.2, 0.25) is 0 Å². The van der Waals surface area contributed by atoms with E-state index in [9.17, 15) is 8.42 Å². The van der Waals surface area contributed by atoms with Crippen molar-refractivity contribution in [3.8, 4) is 0 Å². The van der Waals surface area contributed by atoms with Crippen molar-refractivity contribution >= 4 is 26.5 Å². The van der Waals surface area contributed by atoms with Gasteiger partial charge in [0, 0.05) is 6.54 Å². The molecule has 1 aromatic heterocycles. The second kappa shape index (κ2) is 7.01. The standard InChI is InChI=1S/C10H20N4O2S2/c1-4-6-11-7-8(3)18(15,16)14-10-13-12-9(5-2)17-10/h8,11H,4-7H2,1-3H3,(H,13,14). The van der Waals surface area contributed by atoms with Gasteiger partial charge in [0.15, 0.2) is 0 Å². The van der Waals surface area contributed by atoms with Crippen LogP contribution in [0.4, 0.5) is 5.13 Å². The fourth-order valence-electron chi connectivity index (χ4n) is 1.25. The van der Waals surface area contributed by atoms with Gasteiger partial charge in [0.2, 0.25) is 15.2 Å². The maximum atomic E-state index is 12.0. The van der Waals surface area contributed by atoms with Crippen LogP contribution in [0.25, 0.3) is 0 Å². The largest absolute Gasteiger partial charge is 0.315 e. The molecule has 0 saturated carbocycles. The molecule has 0 amide bonds. The number of aromatic nitrogens is 2. The van der Waals surface area contributed by atoms with E-state index in [1.54, 1.807) is 6.92 Å². The van der Waals surface area contributed by atoms with Crippen LogP contribution in [0, 0.1) is 0 Å². The molecule has 1 heterocycles. The van der Waals surface area contributed by atoms with E-state index in [2.05, 4.69) is 20.2 Å². The molecule has 0 aromatic carbocycles. The van der Waals surface area contributed by atoms with Gasteiger partial charge >= 0.3 is 0 Å². The highest BCUT2D eigenvalue weighted by Gasteiger charge is 2.21. The Morgan fingerprint density at radius 2 is 2.06 bits per heavy atom. The van der Waals surface area contributed by atoms with Crippen molar-refractivity contribution in [2.75, 3.05) is 17.8 Å². The summed E-state index contributed by atoms with van der Waals surface area (Å²) in [7, 11) is -3.39. The minimum atomic E-state index is -3.39. The third-order valence-electron chi connectivity index (χ3n) is 2.39. The highest BCUT2D eigenvalue weighted by atomic mass is 32.2. The van der Waals surface area contributed by atoms with Gasteiger partial charge < -0.3 is 5.32 Å². The first-order valence-corrected chi connectivity index (χ1v) is 8.40. The molecule has 0 spiro atoms. The summed E-state index contributed by atoms with van der Waals surface area (Å²) in [5, 5.41) is 11.4. The van der Waals surface area contributed by atoms with E-state index in [1.807, 2.05) is 13.8 Å². The molecular formula is C10H20N4O2S2. The van der Waals surface area contributed by atoms with E-state index < -0.39 is 15.3 Å². The van der Waals surface area contributed by atoms with Crippen molar-refractivity contribution < 1.29 is 8.42 Å². The van der Waals surface area contributed by atoms with Crippen LogP contribution in [-0.4, -0.2) is 37.0 Å². The molecule has 0 aliphatic carbocycles. The maximum absolute atomic E-state index is 12.0. The molecule has 1 unspecified atom stereocenters. The maximum Gasteiger partial charge on any atom is 0.238 e. The average molecular weight is 292 g/mol. The van der Waals surface area contributed by atoms with Gasteiger partial charge in [0.1, 0.15) is 5.01 Å². The van der Waals surface area contributed by atoms with Crippen LogP contribution < -0.4 is 10.0 Å². The molecule has 0 aliphatic heterocycles. The molecule has 1 atom stereocenters. The van der Waals surface area contributed by atoms with Gasteiger partial charge in [-0.15, -0.1) is 10.2 Å². The van der Waals surface area contributed by atoms with Crippen LogP contribution in [-0.2, 0) is 16.4 Å². The smallest absolute Gasteiger partial charge is 0.238 e. The summed E-state index contributed by atoms with van der Waals surface area (Å²) in [6.45, 7) is 6.92. The zero-order valence-electron chi connectivity index (χ0n) is 10.9. The fraction of sp³-hybridized carbons (Fsp3) is 0.800. The van der Waals surface area contributed by atoms with Crippen LogP contribution in [0.5, 0.6) is 0 Å². The first-order valence-electron chi connectivity index (χ1n) is 6.04. The zero-order chi connectivity index (χ0) is 13.6. The molecule has 1 rings (SSSR count). The Kier molecular flexibility index (Phi) is 5.97. The van der Waals surface area contributed by atoms with Gasteiger partial charge in [-0.25, -0.2) is 8.42 Å². The topological polar surface area (TPSA) is 84.0 Å². The van der Waals surface area contributed by atoms with E-state index in [0.717, 1.165) is 24.4 Å². The molecule has 2 N–H and O–H groups in total. The normalized spacial score (nSPS) is 13.5.